The molecule has 0 unspecified atom stereocenters. The molecule has 0 aromatic heterocycles. The predicted molar refractivity (Wildman–Crippen MR) is 78.9 cm³/mol. The third-order valence-corrected chi connectivity index (χ3v) is 2.81. The summed E-state index contributed by atoms with van der Waals surface area (Å²) in [5.41, 5.74) is 2.88. The van der Waals surface area contributed by atoms with Gasteiger partial charge in [-0.1, -0.05) is 28.1 Å². The number of carboxylic acid groups (broad SMARTS) is 1. The summed E-state index contributed by atoms with van der Waals surface area (Å²) in [4.78, 5) is 12.6. The Bertz CT molecular complexity index is 495. The second kappa shape index (κ2) is 6.40. The van der Waals surface area contributed by atoms with E-state index in [0.717, 1.165) is 33.9 Å². The van der Waals surface area contributed by atoms with Crippen LogP contribution in [0.2, 0.25) is 0 Å². The highest BCUT2D eigenvalue weighted by Gasteiger charge is 2.06. The van der Waals surface area contributed by atoms with Gasteiger partial charge in [0.2, 0.25) is 0 Å². The average molecular weight is 310 g/mol. The topological polar surface area (TPSA) is 40.5 Å². The summed E-state index contributed by atoms with van der Waals surface area (Å²) in [7, 11) is 1.95. The van der Waals surface area contributed by atoms with E-state index in [4.69, 9.17) is 5.11 Å². The Morgan fingerprint density at radius 3 is 2.78 bits per heavy atom. The molecule has 0 aliphatic heterocycles. The molecule has 0 aliphatic carbocycles. The molecule has 0 aliphatic rings. The third-order valence-electron chi connectivity index (χ3n) is 2.31. The lowest BCUT2D eigenvalue weighted by Gasteiger charge is -2.21. The van der Waals surface area contributed by atoms with E-state index in [1.807, 2.05) is 37.1 Å². The van der Waals surface area contributed by atoms with Crippen LogP contribution in [-0.4, -0.2) is 24.7 Å². The molecule has 0 radical (unpaired) electrons. The van der Waals surface area contributed by atoms with Gasteiger partial charge in [-0.15, -0.1) is 0 Å². The Balaban J connectivity index is 3.10. The molecule has 0 fully saturated rings. The Hall–Kier alpha value is -1.55. The molecule has 1 N–H and O–H groups in total. The SMILES string of the molecule is C=C(C)CN(C)c1ccc(Br)cc1/C=C/C(=O)O. The lowest BCUT2D eigenvalue weighted by atomic mass is 10.1. The van der Waals surface area contributed by atoms with Crippen molar-refractivity contribution in [1.82, 2.24) is 0 Å². The summed E-state index contributed by atoms with van der Waals surface area (Å²) in [5.74, 6) is -0.955. The van der Waals surface area contributed by atoms with Crippen LogP contribution in [-0.2, 0) is 4.79 Å². The van der Waals surface area contributed by atoms with Gasteiger partial charge >= 0.3 is 5.97 Å². The van der Waals surface area contributed by atoms with Crippen LogP contribution in [0, 0.1) is 0 Å². The van der Waals surface area contributed by atoms with Gasteiger partial charge in [-0.2, -0.15) is 0 Å². The van der Waals surface area contributed by atoms with Crippen LogP contribution in [0.15, 0.2) is 40.9 Å². The molecule has 1 aromatic rings. The van der Waals surface area contributed by atoms with Gasteiger partial charge < -0.3 is 10.0 Å². The summed E-state index contributed by atoms with van der Waals surface area (Å²) < 4.78 is 0.917. The van der Waals surface area contributed by atoms with Gasteiger partial charge in [0.25, 0.3) is 0 Å². The number of nitrogens with zero attached hydrogens (tertiary/aromatic N) is 1. The van der Waals surface area contributed by atoms with Crippen LogP contribution >= 0.6 is 15.9 Å². The van der Waals surface area contributed by atoms with Crippen molar-refractivity contribution in [1.29, 1.82) is 0 Å². The first-order valence-electron chi connectivity index (χ1n) is 5.46. The Morgan fingerprint density at radius 2 is 2.22 bits per heavy atom. The van der Waals surface area contributed by atoms with Gasteiger partial charge in [0, 0.05) is 29.8 Å². The zero-order valence-corrected chi connectivity index (χ0v) is 12.1. The molecule has 18 heavy (non-hydrogen) atoms. The highest BCUT2D eigenvalue weighted by molar-refractivity contribution is 9.10. The Morgan fingerprint density at radius 1 is 1.56 bits per heavy atom. The minimum atomic E-state index is -0.955. The smallest absolute Gasteiger partial charge is 0.328 e. The first kappa shape index (κ1) is 14.5. The number of carbonyl (C=O) groups is 1. The maximum atomic E-state index is 10.6. The van der Waals surface area contributed by atoms with Gasteiger partial charge in [0.15, 0.2) is 0 Å². The molecular formula is C14H16BrNO2. The normalized spacial score (nSPS) is 10.6. The minimum Gasteiger partial charge on any atom is -0.478 e. The molecule has 4 heteroatoms. The van der Waals surface area contributed by atoms with E-state index >= 15 is 0 Å². The first-order valence-corrected chi connectivity index (χ1v) is 6.25. The van der Waals surface area contributed by atoms with Crippen LogP contribution in [0.1, 0.15) is 12.5 Å². The van der Waals surface area contributed by atoms with Crippen LogP contribution in [0.3, 0.4) is 0 Å². The van der Waals surface area contributed by atoms with Crippen LogP contribution in [0.5, 0.6) is 0 Å². The molecule has 0 spiro atoms. The van der Waals surface area contributed by atoms with Gasteiger partial charge in [-0.3, -0.25) is 0 Å². The Kier molecular flexibility index (Phi) is 5.16. The zero-order valence-electron chi connectivity index (χ0n) is 10.5. The zero-order chi connectivity index (χ0) is 13.7. The maximum Gasteiger partial charge on any atom is 0.328 e. The van der Waals surface area contributed by atoms with E-state index < -0.39 is 5.97 Å². The second-order valence-corrected chi connectivity index (χ2v) is 5.10. The monoisotopic (exact) mass is 309 g/mol. The van der Waals surface area contributed by atoms with Crippen molar-refractivity contribution in [2.75, 3.05) is 18.5 Å². The van der Waals surface area contributed by atoms with Gasteiger partial charge in [-0.25, -0.2) is 4.79 Å². The van der Waals surface area contributed by atoms with Crippen molar-refractivity contribution in [2.24, 2.45) is 0 Å². The van der Waals surface area contributed by atoms with Crippen molar-refractivity contribution in [3.05, 3.63) is 46.5 Å². The molecule has 0 saturated heterocycles. The lowest BCUT2D eigenvalue weighted by Crippen LogP contribution is -2.19. The number of benzene rings is 1. The molecule has 0 heterocycles. The number of likely N-dealkylation sites (N-methyl/N-ethyl adjacent to an activating group) is 1. The molecule has 96 valence electrons. The summed E-state index contributed by atoms with van der Waals surface area (Å²) in [5, 5.41) is 8.69. The highest BCUT2D eigenvalue weighted by Crippen LogP contribution is 2.25. The fourth-order valence-electron chi connectivity index (χ4n) is 1.66. The number of anilines is 1. The molecule has 1 rings (SSSR count). The van der Waals surface area contributed by atoms with Gasteiger partial charge in [0.1, 0.15) is 0 Å². The van der Waals surface area contributed by atoms with E-state index in [2.05, 4.69) is 22.5 Å². The Labute approximate surface area is 116 Å². The molecule has 0 amide bonds. The van der Waals surface area contributed by atoms with Crippen molar-refractivity contribution >= 4 is 33.7 Å². The second-order valence-electron chi connectivity index (χ2n) is 4.19. The highest BCUT2D eigenvalue weighted by atomic mass is 79.9. The van der Waals surface area contributed by atoms with Crippen LogP contribution < -0.4 is 4.90 Å². The standard InChI is InChI=1S/C14H16BrNO2/c1-10(2)9-16(3)13-6-5-12(15)8-11(13)4-7-14(17)18/h4-8H,1,9H2,2-3H3,(H,17,18)/b7-4+. The van der Waals surface area contributed by atoms with Gasteiger partial charge in [0.05, 0.1) is 0 Å². The van der Waals surface area contributed by atoms with Crippen molar-refractivity contribution in [3.8, 4) is 0 Å². The van der Waals surface area contributed by atoms with Crippen LogP contribution in [0.25, 0.3) is 6.08 Å². The fourth-order valence-corrected chi connectivity index (χ4v) is 2.04. The number of aliphatic carboxylic acids is 1. The van der Waals surface area contributed by atoms with E-state index in [1.165, 1.54) is 0 Å². The maximum absolute atomic E-state index is 10.6. The third kappa shape index (κ3) is 4.37. The molecule has 3 nitrogen and oxygen atoms in total. The van der Waals surface area contributed by atoms with Crippen molar-refractivity contribution in [3.63, 3.8) is 0 Å². The predicted octanol–water partition coefficient (Wildman–Crippen LogP) is 3.56. The quantitative estimate of drug-likeness (QED) is 0.668. The number of hydrogen-bond donors (Lipinski definition) is 1. The molecule has 0 saturated carbocycles. The summed E-state index contributed by atoms with van der Waals surface area (Å²) in [6.07, 6.45) is 2.73. The van der Waals surface area contributed by atoms with E-state index in [0.29, 0.717) is 0 Å². The number of carboxylic acids is 1. The summed E-state index contributed by atoms with van der Waals surface area (Å²) in [6, 6.07) is 5.78. The summed E-state index contributed by atoms with van der Waals surface area (Å²) in [6.45, 7) is 6.57. The number of hydrogen-bond acceptors (Lipinski definition) is 2. The number of rotatable bonds is 5. The summed E-state index contributed by atoms with van der Waals surface area (Å²) >= 11 is 3.39. The van der Waals surface area contributed by atoms with E-state index in [9.17, 15) is 4.79 Å². The van der Waals surface area contributed by atoms with Crippen LogP contribution in [0.4, 0.5) is 5.69 Å². The van der Waals surface area contributed by atoms with Crippen molar-refractivity contribution in [2.45, 2.75) is 6.92 Å². The lowest BCUT2D eigenvalue weighted by molar-refractivity contribution is -0.131. The fraction of sp³-hybridized carbons (Fsp3) is 0.214. The number of halogens is 1. The van der Waals surface area contributed by atoms with E-state index in [1.54, 1.807) is 6.08 Å². The van der Waals surface area contributed by atoms with Gasteiger partial charge in [-0.05, 0) is 36.8 Å². The molecular weight excluding hydrogens is 294 g/mol. The van der Waals surface area contributed by atoms with E-state index in [-0.39, 0.29) is 0 Å². The van der Waals surface area contributed by atoms with Crippen molar-refractivity contribution < 1.29 is 9.90 Å². The first-order chi connectivity index (χ1) is 8.40. The largest absolute Gasteiger partial charge is 0.478 e. The minimum absolute atomic E-state index is 0.732. The molecule has 0 atom stereocenters. The molecule has 1 aromatic carbocycles. The molecule has 0 bridgehead atoms. The average Bonchev–Trinajstić information content (AvgIpc) is 2.25.